The maximum Gasteiger partial charge on any atom is 0.326 e. The molecule has 0 unspecified atom stereocenters. The summed E-state index contributed by atoms with van der Waals surface area (Å²) in [6.45, 7) is 0.894. The van der Waals surface area contributed by atoms with Crippen LogP contribution in [0.2, 0.25) is 0 Å². The number of primary amides is 1. The first-order valence-electron chi connectivity index (χ1n) is 30.6. The zero-order valence-corrected chi connectivity index (χ0v) is 53.4. The largest absolute Gasteiger partial charge is 0.508 e. The van der Waals surface area contributed by atoms with Crippen LogP contribution < -0.4 is 70.0 Å². The molecule has 0 fully saturated rings. The number of nitrogens with two attached hydrogens (primary N) is 2. The van der Waals surface area contributed by atoms with Crippen molar-refractivity contribution in [2.45, 2.75) is 120 Å². The molecule has 0 aliphatic heterocycles. The molecular weight excluding hydrogens is 1280 g/mol. The van der Waals surface area contributed by atoms with Crippen molar-refractivity contribution in [2.75, 3.05) is 26.2 Å². The van der Waals surface area contributed by atoms with E-state index in [4.69, 9.17) is 11.5 Å². The number of amides is 12. The van der Waals surface area contributed by atoms with Crippen LogP contribution in [0.5, 0.6) is 17.2 Å². The Morgan fingerprint density at radius 2 is 0.867 bits per heavy atom. The minimum atomic E-state index is -1.84. The van der Waals surface area contributed by atoms with E-state index in [0.717, 1.165) is 5.52 Å². The predicted octanol–water partition coefficient (Wildman–Crippen LogP) is -4.40. The van der Waals surface area contributed by atoms with Crippen LogP contribution in [-0.2, 0) is 92.8 Å². The number of carbonyl (C=O) groups is 14. The van der Waals surface area contributed by atoms with Crippen molar-refractivity contribution < 1.29 is 97.8 Å². The van der Waals surface area contributed by atoms with Gasteiger partial charge in [0.1, 0.15) is 65.6 Å². The highest BCUT2D eigenvalue weighted by molar-refractivity contribution is 5.99. The monoisotopic (exact) mass is 1360 g/mol. The average molecular weight is 1370 g/mol. The Morgan fingerprint density at radius 1 is 0.449 bits per heavy atom. The summed E-state index contributed by atoms with van der Waals surface area (Å²) in [4.78, 5) is 188. The Bertz CT molecular complexity index is 3680. The highest BCUT2D eigenvalue weighted by atomic mass is 16.4. The zero-order valence-electron chi connectivity index (χ0n) is 53.4. The lowest BCUT2D eigenvalue weighted by atomic mass is 10.0. The summed E-state index contributed by atoms with van der Waals surface area (Å²) < 4.78 is 0. The third-order valence-corrected chi connectivity index (χ3v) is 15.0. The number of carboxylic acid groups (broad SMARTS) is 2. The Balaban J connectivity index is 1.26. The summed E-state index contributed by atoms with van der Waals surface area (Å²) in [6, 6.07) is 9.16. The number of para-hydroxylation sites is 1. The first-order valence-corrected chi connectivity index (χ1v) is 30.6. The van der Waals surface area contributed by atoms with Crippen LogP contribution in [-0.4, -0.2) is 199 Å². The van der Waals surface area contributed by atoms with Gasteiger partial charge >= 0.3 is 11.9 Å². The molecule has 0 aliphatic carbocycles. The van der Waals surface area contributed by atoms with Gasteiger partial charge in [-0.25, -0.2) is 4.79 Å². The molecule has 5 rings (SSSR count). The fourth-order valence-electron chi connectivity index (χ4n) is 9.47. The number of fused-ring (bicyclic) bond motifs is 1. The fourth-order valence-corrected chi connectivity index (χ4v) is 9.47. The Kier molecular flexibility index (Phi) is 29.4. The van der Waals surface area contributed by atoms with Gasteiger partial charge in [-0.05, 0) is 84.0 Å². The predicted molar refractivity (Wildman–Crippen MR) is 346 cm³/mol. The number of aliphatic carboxylic acids is 2. The second kappa shape index (κ2) is 37.4. The molecule has 34 heteroatoms. The summed E-state index contributed by atoms with van der Waals surface area (Å²) in [7, 11) is 0. The lowest BCUT2D eigenvalue weighted by Gasteiger charge is -2.26. The van der Waals surface area contributed by atoms with Crippen molar-refractivity contribution in [3.63, 3.8) is 0 Å². The normalized spacial score (nSPS) is 13.7. The number of phenols is 3. The highest BCUT2D eigenvalue weighted by Gasteiger charge is 2.34. The van der Waals surface area contributed by atoms with E-state index >= 15 is 0 Å². The maximum atomic E-state index is 14.3. The van der Waals surface area contributed by atoms with E-state index in [1.807, 2.05) is 0 Å². The topological polar surface area (TPSA) is 561 Å². The molecule has 22 N–H and O–H groups in total. The van der Waals surface area contributed by atoms with E-state index in [9.17, 15) is 97.8 Å². The number of carboxylic acids is 2. The molecule has 0 spiro atoms. The highest BCUT2D eigenvalue weighted by Crippen LogP contribution is 2.20. The van der Waals surface area contributed by atoms with Crippen molar-refractivity contribution in [3.05, 3.63) is 126 Å². The van der Waals surface area contributed by atoms with Crippen molar-refractivity contribution in [1.29, 1.82) is 0 Å². The van der Waals surface area contributed by atoms with Gasteiger partial charge in [0.05, 0.1) is 38.7 Å². The smallest absolute Gasteiger partial charge is 0.326 e. The number of hydrogen-bond acceptors (Lipinski definition) is 19. The number of carbonyl (C=O) groups excluding carboxylic acids is 12. The first-order chi connectivity index (χ1) is 46.4. The first kappa shape index (κ1) is 77.0. The summed E-state index contributed by atoms with van der Waals surface area (Å²) in [5.74, 6) is -15.9. The number of aliphatic hydroxyl groups is 1. The van der Waals surface area contributed by atoms with Crippen LogP contribution in [0.4, 0.5) is 0 Å². The summed E-state index contributed by atoms with van der Waals surface area (Å²) >= 11 is 0. The van der Waals surface area contributed by atoms with Crippen molar-refractivity contribution >= 4 is 93.7 Å². The number of H-pyrrole nitrogens is 1. The van der Waals surface area contributed by atoms with Gasteiger partial charge in [-0.2, -0.15) is 0 Å². The molecule has 0 radical (unpaired) electrons. The summed E-state index contributed by atoms with van der Waals surface area (Å²) in [6.07, 6.45) is -1.58. The third kappa shape index (κ3) is 25.2. The minimum Gasteiger partial charge on any atom is -0.508 e. The Labute approximate surface area is 559 Å². The van der Waals surface area contributed by atoms with Gasteiger partial charge in [-0.15, -0.1) is 0 Å². The van der Waals surface area contributed by atoms with Crippen LogP contribution in [0.1, 0.15) is 62.3 Å². The Morgan fingerprint density at radius 3 is 1.35 bits per heavy atom. The molecule has 1 aromatic heterocycles. The minimum absolute atomic E-state index is 0.148. The van der Waals surface area contributed by atoms with Gasteiger partial charge in [0.25, 0.3) is 0 Å². The van der Waals surface area contributed by atoms with Gasteiger partial charge in [0.2, 0.25) is 70.9 Å². The van der Waals surface area contributed by atoms with E-state index in [1.54, 1.807) is 44.3 Å². The molecule has 1 heterocycles. The molecule has 4 aromatic carbocycles. The number of aliphatic hydroxyl groups excluding tert-OH is 1. The molecule has 5 aromatic rings. The number of benzene rings is 4. The number of nitrogens with one attached hydrogen (secondary N) is 12. The van der Waals surface area contributed by atoms with Crippen molar-refractivity contribution in [1.82, 2.24) is 63.5 Å². The molecule has 0 aliphatic rings. The van der Waals surface area contributed by atoms with Crippen LogP contribution in [0.25, 0.3) is 10.9 Å². The third-order valence-electron chi connectivity index (χ3n) is 15.0. The van der Waals surface area contributed by atoms with E-state index in [2.05, 4.69) is 63.5 Å². The van der Waals surface area contributed by atoms with E-state index in [1.165, 1.54) is 79.7 Å². The molecule has 12 amide bonds. The number of aromatic hydroxyl groups is 3. The lowest BCUT2D eigenvalue weighted by molar-refractivity contribution is -0.142. The van der Waals surface area contributed by atoms with Crippen LogP contribution >= 0.6 is 0 Å². The molecule has 526 valence electrons. The summed E-state index contributed by atoms with van der Waals surface area (Å²) in [5, 5.41) is 86.4. The maximum absolute atomic E-state index is 14.3. The van der Waals surface area contributed by atoms with Gasteiger partial charge in [-0.3, -0.25) is 62.3 Å². The van der Waals surface area contributed by atoms with Crippen LogP contribution in [0, 0.1) is 5.92 Å². The number of aromatic nitrogens is 1. The van der Waals surface area contributed by atoms with Gasteiger partial charge in [0.15, 0.2) is 0 Å². The number of aromatic amines is 1. The molecule has 98 heavy (non-hydrogen) atoms. The number of hydrogen-bond donors (Lipinski definition) is 20. The number of phenolic OH excluding ortho intramolecular Hbond substituents is 3. The van der Waals surface area contributed by atoms with Gasteiger partial charge in [0, 0.05) is 49.2 Å². The zero-order chi connectivity index (χ0) is 72.3. The summed E-state index contributed by atoms with van der Waals surface area (Å²) in [5.41, 5.74) is 13.4. The SMILES string of the molecule is CC(C)[C@H](N)C(=O)N[C@@H](CC(N)=O)C(=O)NCC(=O)NCC(=O)N[C@@H](Cc1ccc(O)cc1)C(=O)N[C@@H](CO)C(=O)NCC(=O)N[C@@H](Cc1ccc(O)cc1)C(=O)N[C@@H](CCC(=O)O)C(=O)N[C@@H](Cc1ccc(O)cc1)C(=O)N[C@@H](C)C(=O)N[C@@H](Cc1c[nH]c2ccccc12)C(=O)O. The van der Waals surface area contributed by atoms with E-state index < -0.39 is 183 Å². The van der Waals surface area contributed by atoms with Crippen molar-refractivity contribution in [2.24, 2.45) is 17.4 Å². The van der Waals surface area contributed by atoms with Gasteiger partial charge in [-0.1, -0.05) is 68.4 Å². The van der Waals surface area contributed by atoms with E-state index in [-0.39, 0.29) is 48.8 Å². The van der Waals surface area contributed by atoms with Crippen LogP contribution in [0.15, 0.2) is 103 Å². The standard InChI is InChI=1S/C64H80N14O20/c1-32(2)55(66)63(96)76-47(26-50(65)83)57(90)69-28-51(84)68-29-52(85)72-45(23-35-10-16-39(81)17-11-35)62(95)78-49(31-79)58(91)70-30-53(86)73-44(22-34-8-14-38(80)15-9-34)61(94)74-43(20-21-54(87)88)59(92)75-46(24-36-12-18-40(82)19-13-36)60(93)71-33(3)56(89)77-48(64(97)98)25-37-27-67-42-7-5-4-6-41(37)42/h4-19,27,32-33,43-49,55,67,79-82H,20-26,28-31,66H2,1-3H3,(H2,65,83)(H,68,84)(H,69,90)(H,70,91)(H,71,93)(H,72,85)(H,73,86)(H,74,94)(H,75,92)(H,76,96)(H,77,89)(H,78,95)(H,87,88)(H,97,98)/t33-,43-,44-,45-,46-,47-,48-,49-,55-/m0/s1. The van der Waals surface area contributed by atoms with E-state index in [0.29, 0.717) is 27.6 Å². The molecule has 9 atom stereocenters. The molecule has 0 saturated carbocycles. The van der Waals surface area contributed by atoms with Crippen LogP contribution in [0.3, 0.4) is 0 Å². The molecule has 34 nitrogen and oxygen atoms in total. The Hall–Kier alpha value is -11.7. The average Bonchev–Trinajstić information content (AvgIpc) is 1.60. The lowest BCUT2D eigenvalue weighted by Crippen LogP contribution is -2.59. The quantitative estimate of drug-likeness (QED) is 0.0177. The molecule has 0 bridgehead atoms. The van der Waals surface area contributed by atoms with Crippen molar-refractivity contribution in [3.8, 4) is 17.2 Å². The second-order valence-electron chi connectivity index (χ2n) is 23.1. The number of rotatable bonds is 38. The second-order valence-corrected chi connectivity index (χ2v) is 23.1. The van der Waals surface area contributed by atoms with Gasteiger partial charge < -0.3 is 106 Å². The molecule has 0 saturated heterocycles. The fraction of sp³-hybridized carbons (Fsp3) is 0.375. The molecular formula is C64H80N14O20.